The van der Waals surface area contributed by atoms with Crippen LogP contribution in [0.1, 0.15) is 35.4 Å². The van der Waals surface area contributed by atoms with Crippen molar-refractivity contribution >= 4 is 5.91 Å². The van der Waals surface area contributed by atoms with Crippen molar-refractivity contribution in [3.05, 3.63) is 34.9 Å². The van der Waals surface area contributed by atoms with Crippen LogP contribution in [-0.4, -0.2) is 13.0 Å². The highest BCUT2D eigenvalue weighted by Crippen LogP contribution is 2.35. The number of nitrogens with one attached hydrogen (secondary N) is 1. The zero-order chi connectivity index (χ0) is 10.8. The number of hydrogen-bond donors (Lipinski definition) is 1. The standard InChI is InChI=1S/C13H17NO/c1-9-3-4-10-5-6-11(12(10)7-9)8-13(15)14-2/h3-4,7,11H,5-6,8H2,1-2H3,(H,14,15). The van der Waals surface area contributed by atoms with Crippen LogP contribution in [0, 0.1) is 6.92 Å². The highest BCUT2D eigenvalue weighted by atomic mass is 16.1. The number of carbonyl (C=O) groups is 1. The predicted molar refractivity (Wildman–Crippen MR) is 60.9 cm³/mol. The zero-order valence-corrected chi connectivity index (χ0v) is 9.34. The lowest BCUT2D eigenvalue weighted by Gasteiger charge is -2.10. The van der Waals surface area contributed by atoms with E-state index in [1.165, 1.54) is 16.7 Å². The minimum atomic E-state index is 0.148. The molecule has 0 radical (unpaired) electrons. The van der Waals surface area contributed by atoms with Gasteiger partial charge in [-0.15, -0.1) is 0 Å². The van der Waals surface area contributed by atoms with Gasteiger partial charge in [-0.25, -0.2) is 0 Å². The molecule has 0 aliphatic heterocycles. The van der Waals surface area contributed by atoms with Crippen molar-refractivity contribution in [3.8, 4) is 0 Å². The summed E-state index contributed by atoms with van der Waals surface area (Å²) in [6.07, 6.45) is 2.87. The van der Waals surface area contributed by atoms with Gasteiger partial charge in [0.15, 0.2) is 0 Å². The Morgan fingerprint density at radius 2 is 2.33 bits per heavy atom. The van der Waals surface area contributed by atoms with E-state index in [0.717, 1.165) is 12.8 Å². The molecule has 0 spiro atoms. The molecule has 1 aromatic rings. The first kappa shape index (κ1) is 10.2. The lowest BCUT2D eigenvalue weighted by molar-refractivity contribution is -0.121. The first-order valence-electron chi connectivity index (χ1n) is 5.50. The van der Waals surface area contributed by atoms with E-state index in [0.29, 0.717) is 12.3 Å². The first-order valence-corrected chi connectivity index (χ1v) is 5.50. The van der Waals surface area contributed by atoms with E-state index in [2.05, 4.69) is 30.4 Å². The molecule has 1 unspecified atom stereocenters. The second kappa shape index (κ2) is 4.05. The summed E-state index contributed by atoms with van der Waals surface area (Å²) < 4.78 is 0. The molecule has 0 saturated carbocycles. The summed E-state index contributed by atoms with van der Waals surface area (Å²) >= 11 is 0. The number of hydrogen-bond acceptors (Lipinski definition) is 1. The monoisotopic (exact) mass is 203 g/mol. The van der Waals surface area contributed by atoms with Crippen molar-refractivity contribution in [2.75, 3.05) is 7.05 Å². The van der Waals surface area contributed by atoms with Crippen LogP contribution in [0.15, 0.2) is 18.2 Å². The minimum absolute atomic E-state index is 0.148. The van der Waals surface area contributed by atoms with Gasteiger partial charge in [-0.3, -0.25) is 4.79 Å². The van der Waals surface area contributed by atoms with E-state index in [-0.39, 0.29) is 5.91 Å². The molecule has 1 atom stereocenters. The molecule has 0 fully saturated rings. The Morgan fingerprint density at radius 3 is 3.07 bits per heavy atom. The smallest absolute Gasteiger partial charge is 0.220 e. The van der Waals surface area contributed by atoms with Gasteiger partial charge in [-0.1, -0.05) is 23.8 Å². The van der Waals surface area contributed by atoms with Crippen LogP contribution < -0.4 is 5.32 Å². The van der Waals surface area contributed by atoms with E-state index in [4.69, 9.17) is 0 Å². The fourth-order valence-corrected chi connectivity index (χ4v) is 2.35. The van der Waals surface area contributed by atoms with E-state index in [9.17, 15) is 4.79 Å². The van der Waals surface area contributed by atoms with E-state index in [1.807, 2.05) is 0 Å². The molecule has 0 heterocycles. The summed E-state index contributed by atoms with van der Waals surface area (Å²) in [6, 6.07) is 6.59. The lowest BCUT2D eigenvalue weighted by Crippen LogP contribution is -2.19. The number of rotatable bonds is 2. The Kier molecular flexibility index (Phi) is 2.76. The van der Waals surface area contributed by atoms with Crippen molar-refractivity contribution in [1.82, 2.24) is 5.32 Å². The molecule has 2 nitrogen and oxygen atoms in total. The fourth-order valence-electron chi connectivity index (χ4n) is 2.35. The van der Waals surface area contributed by atoms with E-state index >= 15 is 0 Å². The highest BCUT2D eigenvalue weighted by molar-refractivity contribution is 5.76. The largest absolute Gasteiger partial charge is 0.359 e. The van der Waals surface area contributed by atoms with Gasteiger partial charge in [-0.05, 0) is 36.8 Å². The Balaban J connectivity index is 2.20. The summed E-state index contributed by atoms with van der Waals surface area (Å²) in [5.74, 6) is 0.578. The van der Waals surface area contributed by atoms with Crippen molar-refractivity contribution in [2.45, 2.75) is 32.1 Å². The summed E-state index contributed by atoms with van der Waals surface area (Å²) in [7, 11) is 1.70. The summed E-state index contributed by atoms with van der Waals surface area (Å²) in [5, 5.41) is 2.70. The van der Waals surface area contributed by atoms with Crippen LogP contribution in [0.4, 0.5) is 0 Å². The number of aryl methyl sites for hydroxylation is 2. The van der Waals surface area contributed by atoms with Crippen LogP contribution in [0.5, 0.6) is 0 Å². The van der Waals surface area contributed by atoms with Crippen LogP contribution in [0.2, 0.25) is 0 Å². The SMILES string of the molecule is CNC(=O)CC1CCc2ccc(C)cc21. The summed E-state index contributed by atoms with van der Waals surface area (Å²) in [4.78, 5) is 11.4. The predicted octanol–water partition coefficient (Wildman–Crippen LogP) is 2.16. The molecule has 1 amide bonds. The quantitative estimate of drug-likeness (QED) is 0.784. The topological polar surface area (TPSA) is 29.1 Å². The van der Waals surface area contributed by atoms with Gasteiger partial charge in [0.05, 0.1) is 0 Å². The maximum atomic E-state index is 11.4. The molecule has 0 saturated heterocycles. The van der Waals surface area contributed by atoms with Gasteiger partial charge in [0.25, 0.3) is 0 Å². The normalized spacial score (nSPS) is 18.7. The Hall–Kier alpha value is -1.31. The van der Waals surface area contributed by atoms with E-state index < -0.39 is 0 Å². The zero-order valence-electron chi connectivity index (χ0n) is 9.34. The molecular weight excluding hydrogens is 186 g/mol. The third kappa shape index (κ3) is 2.04. The molecular formula is C13H17NO. The summed E-state index contributed by atoms with van der Waals surface area (Å²) in [6.45, 7) is 2.11. The van der Waals surface area contributed by atoms with Gasteiger partial charge >= 0.3 is 0 Å². The average Bonchev–Trinajstić information content (AvgIpc) is 2.61. The third-order valence-corrected chi connectivity index (χ3v) is 3.21. The van der Waals surface area contributed by atoms with Crippen molar-refractivity contribution in [2.24, 2.45) is 0 Å². The fraction of sp³-hybridized carbons (Fsp3) is 0.462. The van der Waals surface area contributed by atoms with Crippen molar-refractivity contribution in [3.63, 3.8) is 0 Å². The minimum Gasteiger partial charge on any atom is -0.359 e. The van der Waals surface area contributed by atoms with Gasteiger partial charge in [-0.2, -0.15) is 0 Å². The van der Waals surface area contributed by atoms with E-state index in [1.54, 1.807) is 7.05 Å². The Labute approximate surface area is 90.7 Å². The molecule has 80 valence electrons. The average molecular weight is 203 g/mol. The lowest BCUT2D eigenvalue weighted by atomic mass is 9.96. The van der Waals surface area contributed by atoms with Gasteiger partial charge < -0.3 is 5.32 Å². The van der Waals surface area contributed by atoms with Crippen molar-refractivity contribution in [1.29, 1.82) is 0 Å². The molecule has 2 rings (SSSR count). The second-order valence-corrected chi connectivity index (χ2v) is 4.32. The third-order valence-electron chi connectivity index (χ3n) is 3.21. The molecule has 15 heavy (non-hydrogen) atoms. The first-order chi connectivity index (χ1) is 7.20. The van der Waals surface area contributed by atoms with Gasteiger partial charge in [0, 0.05) is 13.5 Å². The number of benzene rings is 1. The molecule has 1 N–H and O–H groups in total. The maximum absolute atomic E-state index is 11.4. The molecule has 0 bridgehead atoms. The Bertz CT molecular complexity index is 384. The van der Waals surface area contributed by atoms with Crippen LogP contribution in [-0.2, 0) is 11.2 Å². The Morgan fingerprint density at radius 1 is 1.53 bits per heavy atom. The molecule has 2 heteroatoms. The molecule has 1 aliphatic carbocycles. The van der Waals surface area contributed by atoms with Gasteiger partial charge in [0.2, 0.25) is 5.91 Å². The summed E-state index contributed by atoms with van der Waals surface area (Å²) in [5.41, 5.74) is 4.10. The second-order valence-electron chi connectivity index (χ2n) is 4.32. The molecule has 1 aromatic carbocycles. The van der Waals surface area contributed by atoms with Crippen molar-refractivity contribution < 1.29 is 4.79 Å². The molecule has 1 aliphatic rings. The maximum Gasteiger partial charge on any atom is 0.220 e. The number of carbonyl (C=O) groups excluding carboxylic acids is 1. The van der Waals surface area contributed by atoms with Gasteiger partial charge in [0.1, 0.15) is 0 Å². The number of amides is 1. The van der Waals surface area contributed by atoms with Crippen LogP contribution >= 0.6 is 0 Å². The van der Waals surface area contributed by atoms with Crippen LogP contribution in [0.3, 0.4) is 0 Å². The highest BCUT2D eigenvalue weighted by Gasteiger charge is 2.24. The van der Waals surface area contributed by atoms with Crippen LogP contribution in [0.25, 0.3) is 0 Å². The number of fused-ring (bicyclic) bond motifs is 1. The molecule has 0 aromatic heterocycles.